The molecule has 1 unspecified atom stereocenters. The third-order valence-electron chi connectivity index (χ3n) is 5.36. The topological polar surface area (TPSA) is 128 Å². The SMILES string of the molecule is CCCS(=O)(=O)Oc1ccc(C2(c3cccc(-c4cncnc4)c3)N=C(N)N(C)C2=O)cc1. The maximum absolute atomic E-state index is 13.5. The Morgan fingerprint density at radius 3 is 2.33 bits per heavy atom. The number of nitrogens with zero attached hydrogens (tertiary/aromatic N) is 4. The van der Waals surface area contributed by atoms with Gasteiger partial charge in [-0.2, -0.15) is 8.42 Å². The zero-order chi connectivity index (χ0) is 23.6. The van der Waals surface area contributed by atoms with Gasteiger partial charge in [0.1, 0.15) is 12.1 Å². The lowest BCUT2D eigenvalue weighted by molar-refractivity contribution is -0.129. The summed E-state index contributed by atoms with van der Waals surface area (Å²) >= 11 is 0. The molecule has 10 heteroatoms. The van der Waals surface area contributed by atoms with Gasteiger partial charge in [0, 0.05) is 25.0 Å². The highest BCUT2D eigenvalue weighted by Crippen LogP contribution is 2.41. The van der Waals surface area contributed by atoms with Crippen LogP contribution in [-0.4, -0.2) is 48.0 Å². The summed E-state index contributed by atoms with van der Waals surface area (Å²) in [5.41, 5.74) is 7.36. The molecule has 33 heavy (non-hydrogen) atoms. The van der Waals surface area contributed by atoms with Crippen LogP contribution in [-0.2, 0) is 20.5 Å². The Hall–Kier alpha value is -3.79. The second kappa shape index (κ2) is 8.62. The van der Waals surface area contributed by atoms with Crippen molar-refractivity contribution in [2.75, 3.05) is 12.8 Å². The maximum Gasteiger partial charge on any atom is 0.309 e. The van der Waals surface area contributed by atoms with Gasteiger partial charge in [0.2, 0.25) is 0 Å². The summed E-state index contributed by atoms with van der Waals surface area (Å²) in [7, 11) is -2.12. The Morgan fingerprint density at radius 2 is 1.73 bits per heavy atom. The number of carbonyl (C=O) groups excluding carboxylic acids is 1. The van der Waals surface area contributed by atoms with Crippen molar-refractivity contribution in [3.05, 3.63) is 78.4 Å². The average Bonchev–Trinajstić information content (AvgIpc) is 3.05. The number of nitrogens with two attached hydrogens (primary N) is 1. The van der Waals surface area contributed by atoms with Crippen LogP contribution in [0.25, 0.3) is 11.1 Å². The molecule has 0 spiro atoms. The molecule has 0 aliphatic carbocycles. The van der Waals surface area contributed by atoms with E-state index in [1.165, 1.54) is 23.4 Å². The van der Waals surface area contributed by atoms with Crippen molar-refractivity contribution in [1.29, 1.82) is 0 Å². The largest absolute Gasteiger partial charge is 0.382 e. The molecule has 2 N–H and O–H groups in total. The fourth-order valence-corrected chi connectivity index (χ4v) is 4.73. The predicted octanol–water partition coefficient (Wildman–Crippen LogP) is 2.29. The van der Waals surface area contributed by atoms with E-state index < -0.39 is 15.7 Å². The molecule has 1 atom stereocenters. The van der Waals surface area contributed by atoms with Crippen LogP contribution in [0.1, 0.15) is 24.5 Å². The first-order valence-electron chi connectivity index (χ1n) is 10.3. The molecule has 0 radical (unpaired) electrons. The summed E-state index contributed by atoms with van der Waals surface area (Å²) in [5.74, 6) is -0.167. The summed E-state index contributed by atoms with van der Waals surface area (Å²) in [6.07, 6.45) is 5.25. The zero-order valence-corrected chi connectivity index (χ0v) is 19.0. The smallest absolute Gasteiger partial charge is 0.309 e. The molecule has 9 nitrogen and oxygen atoms in total. The third kappa shape index (κ3) is 4.17. The monoisotopic (exact) mass is 465 g/mol. The predicted molar refractivity (Wildman–Crippen MR) is 124 cm³/mol. The molecular weight excluding hydrogens is 442 g/mol. The highest BCUT2D eigenvalue weighted by molar-refractivity contribution is 7.87. The number of hydrogen-bond acceptors (Lipinski definition) is 8. The van der Waals surface area contributed by atoms with Crippen molar-refractivity contribution >= 4 is 22.0 Å². The van der Waals surface area contributed by atoms with Gasteiger partial charge in [-0.05, 0) is 41.3 Å². The second-order valence-electron chi connectivity index (χ2n) is 7.62. The lowest BCUT2D eigenvalue weighted by Crippen LogP contribution is -2.41. The fraction of sp³-hybridized carbons (Fsp3) is 0.217. The lowest BCUT2D eigenvalue weighted by Gasteiger charge is -2.26. The van der Waals surface area contributed by atoms with Gasteiger partial charge < -0.3 is 9.92 Å². The van der Waals surface area contributed by atoms with Crippen molar-refractivity contribution < 1.29 is 17.4 Å². The molecule has 0 fully saturated rings. The van der Waals surface area contributed by atoms with Gasteiger partial charge in [-0.25, -0.2) is 15.0 Å². The van der Waals surface area contributed by atoms with Crippen molar-refractivity contribution in [2.24, 2.45) is 10.7 Å². The van der Waals surface area contributed by atoms with Crippen LogP contribution in [0.5, 0.6) is 5.75 Å². The van der Waals surface area contributed by atoms with E-state index in [1.807, 2.05) is 18.2 Å². The van der Waals surface area contributed by atoms with Gasteiger partial charge in [0.15, 0.2) is 11.5 Å². The average molecular weight is 466 g/mol. The minimum Gasteiger partial charge on any atom is -0.382 e. The van der Waals surface area contributed by atoms with Gasteiger partial charge in [-0.1, -0.05) is 37.3 Å². The minimum atomic E-state index is -3.68. The summed E-state index contributed by atoms with van der Waals surface area (Å²) in [6, 6.07) is 13.6. The van der Waals surface area contributed by atoms with Gasteiger partial charge in [-0.15, -0.1) is 0 Å². The number of aromatic nitrogens is 2. The Bertz CT molecular complexity index is 1310. The van der Waals surface area contributed by atoms with Crippen LogP contribution in [0.3, 0.4) is 0 Å². The molecule has 0 saturated carbocycles. The Balaban J connectivity index is 1.80. The third-order valence-corrected chi connectivity index (χ3v) is 6.72. The van der Waals surface area contributed by atoms with E-state index in [1.54, 1.807) is 44.6 Å². The summed E-state index contributed by atoms with van der Waals surface area (Å²) in [6.45, 7) is 1.76. The highest BCUT2D eigenvalue weighted by atomic mass is 32.2. The summed E-state index contributed by atoms with van der Waals surface area (Å²) in [4.78, 5) is 27.5. The number of hydrogen-bond donors (Lipinski definition) is 1. The van der Waals surface area contributed by atoms with Crippen LogP contribution in [0.2, 0.25) is 0 Å². The number of guanidine groups is 1. The molecule has 1 aliphatic heterocycles. The molecule has 0 bridgehead atoms. The lowest BCUT2D eigenvalue weighted by atomic mass is 9.82. The minimum absolute atomic E-state index is 0.0827. The van der Waals surface area contributed by atoms with E-state index in [9.17, 15) is 13.2 Å². The molecule has 2 heterocycles. The van der Waals surface area contributed by atoms with Crippen LogP contribution in [0, 0.1) is 0 Å². The summed E-state index contributed by atoms with van der Waals surface area (Å²) < 4.78 is 29.2. The highest BCUT2D eigenvalue weighted by Gasteiger charge is 2.49. The quantitative estimate of drug-likeness (QED) is 0.530. The molecular formula is C23H23N5O4S. The Kier molecular flexibility index (Phi) is 5.86. The molecule has 3 aromatic rings. The Morgan fingerprint density at radius 1 is 1.03 bits per heavy atom. The van der Waals surface area contributed by atoms with Crippen LogP contribution >= 0.6 is 0 Å². The van der Waals surface area contributed by atoms with E-state index in [-0.39, 0.29) is 23.4 Å². The van der Waals surface area contributed by atoms with Gasteiger partial charge in [0.05, 0.1) is 5.75 Å². The normalized spacial score (nSPS) is 18.3. The van der Waals surface area contributed by atoms with Crippen LogP contribution in [0.4, 0.5) is 0 Å². The molecule has 170 valence electrons. The van der Waals surface area contributed by atoms with Gasteiger partial charge in [0.25, 0.3) is 5.91 Å². The van der Waals surface area contributed by atoms with E-state index >= 15 is 0 Å². The first-order valence-corrected chi connectivity index (χ1v) is 11.9. The number of benzene rings is 2. The van der Waals surface area contributed by atoms with Crippen molar-refractivity contribution in [2.45, 2.75) is 18.9 Å². The number of carbonyl (C=O) groups is 1. The zero-order valence-electron chi connectivity index (χ0n) is 18.2. The molecule has 1 amide bonds. The second-order valence-corrected chi connectivity index (χ2v) is 9.31. The van der Waals surface area contributed by atoms with Crippen LogP contribution < -0.4 is 9.92 Å². The van der Waals surface area contributed by atoms with Crippen molar-refractivity contribution in [3.8, 4) is 16.9 Å². The van der Waals surface area contributed by atoms with Gasteiger partial charge in [-0.3, -0.25) is 9.69 Å². The molecule has 0 saturated heterocycles. The fourth-order valence-electron chi connectivity index (χ4n) is 3.75. The van der Waals surface area contributed by atoms with E-state index in [0.29, 0.717) is 17.5 Å². The van der Waals surface area contributed by atoms with Crippen molar-refractivity contribution in [1.82, 2.24) is 14.9 Å². The van der Waals surface area contributed by atoms with E-state index in [4.69, 9.17) is 9.92 Å². The first kappa shape index (κ1) is 22.4. The molecule has 1 aromatic heterocycles. The van der Waals surface area contributed by atoms with E-state index in [2.05, 4.69) is 15.0 Å². The molecule has 1 aliphatic rings. The Labute approximate surface area is 192 Å². The maximum atomic E-state index is 13.5. The summed E-state index contributed by atoms with van der Waals surface area (Å²) in [5, 5.41) is 0. The molecule has 2 aromatic carbocycles. The first-order chi connectivity index (χ1) is 15.8. The van der Waals surface area contributed by atoms with Crippen molar-refractivity contribution in [3.63, 3.8) is 0 Å². The van der Waals surface area contributed by atoms with Crippen LogP contribution in [0.15, 0.2) is 72.2 Å². The van der Waals surface area contributed by atoms with Gasteiger partial charge >= 0.3 is 10.1 Å². The number of rotatable bonds is 7. The standard InChI is InChI=1S/C23H23N5O4S/c1-3-11-33(30,31)32-20-9-7-18(8-10-20)23(21(29)28(2)22(24)27-23)19-6-4-5-16(12-19)17-13-25-15-26-14-17/h4-10,12-15H,3,11H2,1-2H3,(H2,24,27). The number of likely N-dealkylation sites (N-methyl/N-ethyl adjacent to an activating group) is 1. The van der Waals surface area contributed by atoms with E-state index in [0.717, 1.165) is 11.1 Å². The number of amides is 1. The molecule has 4 rings (SSSR count). The number of aliphatic imine (C=N–C) groups is 1.